The molecule has 1 aromatic carbocycles. The van der Waals surface area contributed by atoms with Crippen molar-refractivity contribution >= 4 is 27.3 Å². The quantitative estimate of drug-likeness (QED) is 0.689. The molecule has 1 amide bonds. The van der Waals surface area contributed by atoms with Crippen molar-refractivity contribution in [2.45, 2.75) is 26.2 Å². The second-order valence-corrected chi connectivity index (χ2v) is 7.95. The monoisotopic (exact) mass is 399 g/mol. The number of carbonyl (C=O) groups is 1. The molecular formula is C20H25N5O2S. The van der Waals surface area contributed by atoms with Crippen molar-refractivity contribution in [2.24, 2.45) is 5.92 Å². The lowest BCUT2D eigenvalue weighted by atomic mass is 9.96. The normalized spacial score (nSPS) is 15.1. The number of anilines is 1. The van der Waals surface area contributed by atoms with Crippen LogP contribution in [0.2, 0.25) is 0 Å². The van der Waals surface area contributed by atoms with Gasteiger partial charge in [0.2, 0.25) is 16.0 Å². The number of benzene rings is 1. The van der Waals surface area contributed by atoms with Crippen LogP contribution in [-0.2, 0) is 4.79 Å². The number of carbonyl (C=O) groups excluding carboxylic acids is 1. The summed E-state index contributed by atoms with van der Waals surface area (Å²) < 4.78 is 7.05. The van der Waals surface area contributed by atoms with Crippen LogP contribution in [0.4, 0.5) is 5.13 Å². The molecule has 0 radical (unpaired) electrons. The molecule has 148 valence electrons. The molecule has 4 rings (SSSR count). The van der Waals surface area contributed by atoms with Gasteiger partial charge in [-0.25, -0.2) is 9.50 Å². The minimum absolute atomic E-state index is 0.119. The topological polar surface area (TPSA) is 71.8 Å². The van der Waals surface area contributed by atoms with Crippen molar-refractivity contribution in [1.82, 2.24) is 19.9 Å². The third kappa shape index (κ3) is 3.82. The molecule has 0 atom stereocenters. The van der Waals surface area contributed by atoms with Crippen molar-refractivity contribution in [1.29, 1.82) is 0 Å². The first-order chi connectivity index (χ1) is 13.7. The van der Waals surface area contributed by atoms with Crippen LogP contribution in [0, 0.1) is 5.92 Å². The molecule has 1 aliphatic rings. The minimum atomic E-state index is 0.119. The molecule has 7 nitrogen and oxygen atoms in total. The van der Waals surface area contributed by atoms with Crippen LogP contribution >= 0.6 is 11.3 Å². The maximum Gasteiger partial charge on any atom is 0.223 e. The molecule has 8 heteroatoms. The minimum Gasteiger partial charge on any atom is -0.497 e. The van der Waals surface area contributed by atoms with Gasteiger partial charge in [-0.15, -0.1) is 5.10 Å². The van der Waals surface area contributed by atoms with E-state index < -0.39 is 0 Å². The van der Waals surface area contributed by atoms with Gasteiger partial charge in [-0.3, -0.25) is 4.79 Å². The van der Waals surface area contributed by atoms with Gasteiger partial charge in [0.1, 0.15) is 5.75 Å². The van der Waals surface area contributed by atoms with Crippen molar-refractivity contribution in [2.75, 3.05) is 31.6 Å². The molecule has 1 aliphatic heterocycles. The summed E-state index contributed by atoms with van der Waals surface area (Å²) in [4.78, 5) is 20.0. The average Bonchev–Trinajstić information content (AvgIpc) is 3.31. The number of fused-ring (bicyclic) bond motifs is 1. The molecule has 28 heavy (non-hydrogen) atoms. The van der Waals surface area contributed by atoms with Crippen molar-refractivity contribution in [3.8, 4) is 17.0 Å². The Hall–Kier alpha value is -2.61. The molecule has 2 aromatic heterocycles. The summed E-state index contributed by atoms with van der Waals surface area (Å²) in [6.07, 6.45) is 4.67. The number of aromatic nitrogens is 3. The highest BCUT2D eigenvalue weighted by Crippen LogP contribution is 2.30. The Morgan fingerprint density at radius 3 is 2.68 bits per heavy atom. The van der Waals surface area contributed by atoms with E-state index in [-0.39, 0.29) is 11.8 Å². The number of nitrogens with one attached hydrogen (secondary N) is 1. The highest BCUT2D eigenvalue weighted by atomic mass is 32.1. The van der Waals surface area contributed by atoms with Gasteiger partial charge in [-0.05, 0) is 43.5 Å². The maximum atomic E-state index is 12.1. The van der Waals surface area contributed by atoms with Gasteiger partial charge in [0.15, 0.2) is 0 Å². The van der Waals surface area contributed by atoms with E-state index in [1.165, 1.54) is 0 Å². The van der Waals surface area contributed by atoms with Crippen LogP contribution in [0.25, 0.3) is 16.2 Å². The summed E-state index contributed by atoms with van der Waals surface area (Å²) in [5, 5.41) is 8.69. The van der Waals surface area contributed by atoms with Crippen LogP contribution in [-0.4, -0.2) is 47.2 Å². The average molecular weight is 400 g/mol. The first-order valence-corrected chi connectivity index (χ1v) is 10.5. The zero-order valence-electron chi connectivity index (χ0n) is 16.2. The van der Waals surface area contributed by atoms with E-state index in [0.717, 1.165) is 66.0 Å². The first kappa shape index (κ1) is 18.7. The lowest BCUT2D eigenvalue weighted by Crippen LogP contribution is -2.40. The standard InChI is InChI=1S/C20H25N5O2S/c1-3-10-21-18(26)15-8-11-24(12-9-15)20-23-25-13-17(22-19(25)28-20)14-4-6-16(27-2)7-5-14/h4-7,13,15H,3,8-12H2,1-2H3,(H,21,26). The van der Waals surface area contributed by atoms with Crippen molar-refractivity contribution < 1.29 is 9.53 Å². The molecule has 3 aromatic rings. The van der Waals surface area contributed by atoms with Gasteiger partial charge in [0.25, 0.3) is 0 Å². The third-order valence-electron chi connectivity index (χ3n) is 5.10. The Kier molecular flexibility index (Phi) is 5.47. The van der Waals surface area contributed by atoms with E-state index in [1.807, 2.05) is 35.0 Å². The van der Waals surface area contributed by atoms with Gasteiger partial charge in [0.05, 0.1) is 19.0 Å². The third-order valence-corrected chi connectivity index (χ3v) is 6.09. The largest absolute Gasteiger partial charge is 0.497 e. The van der Waals surface area contributed by atoms with Gasteiger partial charge in [0, 0.05) is 31.1 Å². The van der Waals surface area contributed by atoms with E-state index in [9.17, 15) is 4.79 Å². The molecule has 1 saturated heterocycles. The van der Waals surface area contributed by atoms with Crippen molar-refractivity contribution in [3.63, 3.8) is 0 Å². The van der Waals surface area contributed by atoms with Crippen molar-refractivity contribution in [3.05, 3.63) is 30.5 Å². The number of imidazole rings is 1. The number of rotatable bonds is 6. The number of hydrogen-bond donors (Lipinski definition) is 1. The molecule has 1 fully saturated rings. The highest BCUT2D eigenvalue weighted by Gasteiger charge is 2.26. The summed E-state index contributed by atoms with van der Waals surface area (Å²) in [5.74, 6) is 1.14. The smallest absolute Gasteiger partial charge is 0.223 e. The number of ether oxygens (including phenoxy) is 1. The summed E-state index contributed by atoms with van der Waals surface area (Å²) in [7, 11) is 1.66. The van der Waals surface area contributed by atoms with E-state index in [4.69, 9.17) is 14.8 Å². The Morgan fingerprint density at radius 2 is 2.04 bits per heavy atom. The van der Waals surface area contributed by atoms with E-state index in [1.54, 1.807) is 18.4 Å². The fourth-order valence-electron chi connectivity index (χ4n) is 3.44. The molecule has 0 unspecified atom stereocenters. The first-order valence-electron chi connectivity index (χ1n) is 9.71. The molecule has 0 saturated carbocycles. The molecular weight excluding hydrogens is 374 g/mol. The summed E-state index contributed by atoms with van der Waals surface area (Å²) in [6.45, 7) is 4.54. The second-order valence-electron chi connectivity index (χ2n) is 7.02. The predicted molar refractivity (Wildman–Crippen MR) is 111 cm³/mol. The van der Waals surface area contributed by atoms with Gasteiger partial charge in [-0.1, -0.05) is 18.3 Å². The van der Waals surface area contributed by atoms with E-state index in [2.05, 4.69) is 17.1 Å². The SMILES string of the molecule is CCCNC(=O)C1CCN(c2nn3cc(-c4ccc(OC)cc4)nc3s2)CC1. The zero-order chi connectivity index (χ0) is 19.5. The number of piperidine rings is 1. The fourth-order valence-corrected chi connectivity index (χ4v) is 4.38. The number of amides is 1. The molecule has 0 aliphatic carbocycles. The Balaban J connectivity index is 1.42. The molecule has 3 heterocycles. The Morgan fingerprint density at radius 1 is 1.29 bits per heavy atom. The number of methoxy groups -OCH3 is 1. The molecule has 1 N–H and O–H groups in total. The Labute approximate surface area is 168 Å². The lowest BCUT2D eigenvalue weighted by Gasteiger charge is -2.30. The highest BCUT2D eigenvalue weighted by molar-refractivity contribution is 7.20. The fraction of sp³-hybridized carbons (Fsp3) is 0.450. The van der Waals surface area contributed by atoms with Crippen LogP contribution < -0.4 is 15.0 Å². The van der Waals surface area contributed by atoms with Crippen LogP contribution in [0.3, 0.4) is 0 Å². The summed E-state index contributed by atoms with van der Waals surface area (Å²) in [6, 6.07) is 7.87. The Bertz CT molecular complexity index is 910. The second kappa shape index (κ2) is 8.18. The van der Waals surface area contributed by atoms with E-state index >= 15 is 0 Å². The number of nitrogens with zero attached hydrogens (tertiary/aromatic N) is 4. The van der Waals surface area contributed by atoms with Gasteiger partial charge in [-0.2, -0.15) is 0 Å². The van der Waals surface area contributed by atoms with Crippen LogP contribution in [0.5, 0.6) is 5.75 Å². The summed E-state index contributed by atoms with van der Waals surface area (Å²) in [5.41, 5.74) is 1.94. The van der Waals surface area contributed by atoms with Crippen LogP contribution in [0.15, 0.2) is 30.5 Å². The van der Waals surface area contributed by atoms with E-state index in [0.29, 0.717) is 0 Å². The zero-order valence-corrected chi connectivity index (χ0v) is 17.0. The predicted octanol–water partition coefficient (Wildman–Crippen LogP) is 3.21. The maximum absolute atomic E-state index is 12.1. The molecule has 0 bridgehead atoms. The van der Waals surface area contributed by atoms with Crippen LogP contribution in [0.1, 0.15) is 26.2 Å². The summed E-state index contributed by atoms with van der Waals surface area (Å²) >= 11 is 1.59. The molecule has 0 spiro atoms. The lowest BCUT2D eigenvalue weighted by molar-refractivity contribution is -0.125. The van der Waals surface area contributed by atoms with Gasteiger partial charge < -0.3 is 15.0 Å². The van der Waals surface area contributed by atoms with Gasteiger partial charge >= 0.3 is 0 Å². The number of hydrogen-bond acceptors (Lipinski definition) is 6.